The molecule has 0 heterocycles. The van der Waals surface area contributed by atoms with Crippen LogP contribution < -0.4 is 5.32 Å². The third-order valence-electron chi connectivity index (χ3n) is 1.61. The van der Waals surface area contributed by atoms with Gasteiger partial charge in [-0.2, -0.15) is 0 Å². The normalized spacial score (nSPS) is 14.2. The third-order valence-corrected chi connectivity index (χ3v) is 2.03. The van der Waals surface area contributed by atoms with Crippen molar-refractivity contribution in [1.29, 1.82) is 0 Å². The van der Waals surface area contributed by atoms with E-state index < -0.39 is 36.8 Å². The molecule has 0 aromatic heterocycles. The first-order chi connectivity index (χ1) is 5.98. The number of hydrogen-bond acceptors (Lipinski definition) is 5. The van der Waals surface area contributed by atoms with E-state index in [1.54, 1.807) is 0 Å². The van der Waals surface area contributed by atoms with Gasteiger partial charge in [0.2, 0.25) is 0 Å². The Bertz CT molecular complexity index is 170. The maximum absolute atomic E-state index is 10.1. The first kappa shape index (κ1) is 12.6. The van der Waals surface area contributed by atoms with Crippen LogP contribution in [0.3, 0.4) is 0 Å². The molecule has 0 spiro atoms. The van der Waals surface area contributed by atoms with Gasteiger partial charge in [0, 0.05) is 0 Å². The van der Waals surface area contributed by atoms with Crippen molar-refractivity contribution in [3.05, 3.63) is 0 Å². The van der Waals surface area contributed by atoms with Gasteiger partial charge in [0.15, 0.2) is 5.56 Å². The van der Waals surface area contributed by atoms with Crippen molar-refractivity contribution in [2.75, 3.05) is 19.8 Å². The van der Waals surface area contributed by atoms with E-state index in [2.05, 4.69) is 5.32 Å². The molecule has 78 valence electrons. The number of aliphatic hydroxyl groups excluding tert-OH is 3. The van der Waals surface area contributed by atoms with Gasteiger partial charge in [0.25, 0.3) is 0 Å². The average Bonchev–Trinajstić information content (AvgIpc) is 2.06. The van der Waals surface area contributed by atoms with Crippen molar-refractivity contribution in [2.24, 2.45) is 0 Å². The SMILES string of the molecule is O=C(O)CNC(CO)(CO)C(O)Cl. The Morgan fingerprint density at radius 1 is 1.46 bits per heavy atom. The molecule has 7 heteroatoms. The predicted molar refractivity (Wildman–Crippen MR) is 44.4 cm³/mol. The zero-order chi connectivity index (χ0) is 10.5. The maximum Gasteiger partial charge on any atom is 0.317 e. The fraction of sp³-hybridized carbons (Fsp3) is 0.833. The third kappa shape index (κ3) is 3.45. The van der Waals surface area contributed by atoms with E-state index >= 15 is 0 Å². The lowest BCUT2D eigenvalue weighted by atomic mass is 10.0. The fourth-order valence-electron chi connectivity index (χ4n) is 0.648. The molecule has 0 saturated carbocycles. The van der Waals surface area contributed by atoms with E-state index in [-0.39, 0.29) is 0 Å². The number of halogens is 1. The molecule has 0 aliphatic heterocycles. The van der Waals surface area contributed by atoms with Crippen LogP contribution in [0.4, 0.5) is 0 Å². The van der Waals surface area contributed by atoms with Crippen LogP contribution in [0.5, 0.6) is 0 Å². The molecule has 0 aliphatic carbocycles. The van der Waals surface area contributed by atoms with Gasteiger partial charge in [0.05, 0.1) is 19.8 Å². The molecule has 0 radical (unpaired) electrons. The van der Waals surface area contributed by atoms with Crippen LogP contribution in [0.1, 0.15) is 0 Å². The number of carboxylic acid groups (broad SMARTS) is 1. The number of rotatable bonds is 6. The molecule has 0 aliphatic rings. The van der Waals surface area contributed by atoms with E-state index in [9.17, 15) is 4.79 Å². The number of alkyl halides is 1. The van der Waals surface area contributed by atoms with Crippen molar-refractivity contribution in [3.63, 3.8) is 0 Å². The molecule has 6 nitrogen and oxygen atoms in total. The molecule has 1 atom stereocenters. The van der Waals surface area contributed by atoms with E-state index in [0.29, 0.717) is 0 Å². The number of aliphatic hydroxyl groups is 3. The minimum atomic E-state index is -1.58. The molecule has 1 unspecified atom stereocenters. The van der Waals surface area contributed by atoms with Gasteiger partial charge in [-0.1, -0.05) is 11.6 Å². The van der Waals surface area contributed by atoms with Crippen LogP contribution in [0.25, 0.3) is 0 Å². The lowest BCUT2D eigenvalue weighted by Gasteiger charge is -2.31. The summed E-state index contributed by atoms with van der Waals surface area (Å²) in [7, 11) is 0. The standard InChI is InChI=1S/C6H12ClNO5/c7-5(13)6(2-9,3-10)8-1-4(11)12/h5,8-10,13H,1-3H2,(H,11,12). The van der Waals surface area contributed by atoms with E-state index in [1.165, 1.54) is 0 Å². The summed E-state index contributed by atoms with van der Waals surface area (Å²) in [6.45, 7) is -1.84. The van der Waals surface area contributed by atoms with Crippen LogP contribution in [0, 0.1) is 0 Å². The van der Waals surface area contributed by atoms with Crippen LogP contribution in [0.2, 0.25) is 0 Å². The molecular formula is C6H12ClNO5. The van der Waals surface area contributed by atoms with Gasteiger partial charge in [-0.25, -0.2) is 0 Å². The second-order valence-electron chi connectivity index (χ2n) is 2.56. The Kier molecular flexibility index (Phi) is 5.19. The molecule has 0 rings (SSSR count). The van der Waals surface area contributed by atoms with Crippen molar-refractivity contribution in [2.45, 2.75) is 11.1 Å². The summed E-state index contributed by atoms with van der Waals surface area (Å²) >= 11 is 5.26. The Morgan fingerprint density at radius 3 is 2.15 bits per heavy atom. The van der Waals surface area contributed by atoms with Crippen LogP contribution in [-0.4, -0.2) is 57.3 Å². The summed E-state index contributed by atoms with van der Waals surface area (Å²) in [4.78, 5) is 10.1. The van der Waals surface area contributed by atoms with Crippen LogP contribution in [0.15, 0.2) is 0 Å². The Hall–Kier alpha value is -0.400. The first-order valence-electron chi connectivity index (χ1n) is 3.49. The molecule has 0 bridgehead atoms. The molecule has 0 saturated heterocycles. The fourth-order valence-corrected chi connectivity index (χ4v) is 0.863. The predicted octanol–water partition coefficient (Wildman–Crippen LogP) is -2.06. The second kappa shape index (κ2) is 5.36. The lowest BCUT2D eigenvalue weighted by molar-refractivity contribution is -0.136. The summed E-state index contributed by atoms with van der Waals surface area (Å²) in [5, 5.41) is 37.1. The molecule has 13 heavy (non-hydrogen) atoms. The largest absolute Gasteiger partial charge is 0.480 e. The number of nitrogens with one attached hydrogen (secondary N) is 1. The quantitative estimate of drug-likeness (QED) is 0.325. The van der Waals surface area contributed by atoms with Crippen molar-refractivity contribution in [3.8, 4) is 0 Å². The monoisotopic (exact) mass is 213 g/mol. The average molecular weight is 214 g/mol. The Labute approximate surface area is 79.8 Å². The van der Waals surface area contributed by atoms with Gasteiger partial charge in [-0.3, -0.25) is 10.1 Å². The zero-order valence-corrected chi connectivity index (χ0v) is 7.53. The highest BCUT2D eigenvalue weighted by atomic mass is 35.5. The van der Waals surface area contributed by atoms with Crippen molar-refractivity contribution >= 4 is 17.6 Å². The molecule has 0 amide bonds. The second-order valence-corrected chi connectivity index (χ2v) is 2.97. The van der Waals surface area contributed by atoms with Crippen molar-refractivity contribution < 1.29 is 25.2 Å². The Balaban J connectivity index is 4.30. The van der Waals surface area contributed by atoms with Crippen molar-refractivity contribution in [1.82, 2.24) is 5.32 Å². The summed E-state index contributed by atoms with van der Waals surface area (Å²) < 4.78 is 0. The topological polar surface area (TPSA) is 110 Å². The minimum Gasteiger partial charge on any atom is -0.480 e. The van der Waals surface area contributed by atoms with Gasteiger partial charge in [-0.15, -0.1) is 0 Å². The van der Waals surface area contributed by atoms with E-state index in [0.717, 1.165) is 0 Å². The highest BCUT2D eigenvalue weighted by Crippen LogP contribution is 2.12. The maximum atomic E-state index is 10.1. The summed E-state index contributed by atoms with van der Waals surface area (Å²) in [6, 6.07) is 0. The summed E-state index contributed by atoms with van der Waals surface area (Å²) in [5.41, 5.74) is -3.15. The minimum absolute atomic E-state index is 0.509. The molecule has 0 aromatic carbocycles. The summed E-state index contributed by atoms with van der Waals surface area (Å²) in [6.07, 6.45) is 0. The lowest BCUT2D eigenvalue weighted by Crippen LogP contribution is -2.59. The van der Waals surface area contributed by atoms with Crippen LogP contribution in [-0.2, 0) is 4.79 Å². The van der Waals surface area contributed by atoms with Gasteiger partial charge in [0.1, 0.15) is 5.54 Å². The highest BCUT2D eigenvalue weighted by molar-refractivity contribution is 6.20. The van der Waals surface area contributed by atoms with E-state index in [1.807, 2.05) is 0 Å². The van der Waals surface area contributed by atoms with Gasteiger partial charge >= 0.3 is 5.97 Å². The van der Waals surface area contributed by atoms with Gasteiger partial charge < -0.3 is 20.4 Å². The van der Waals surface area contributed by atoms with E-state index in [4.69, 9.17) is 32.0 Å². The van der Waals surface area contributed by atoms with Crippen LogP contribution >= 0.6 is 11.6 Å². The number of carbonyl (C=O) groups is 1. The molecular weight excluding hydrogens is 202 g/mol. The smallest absolute Gasteiger partial charge is 0.317 e. The number of carboxylic acids is 1. The molecule has 0 fully saturated rings. The number of aliphatic carboxylic acids is 1. The Morgan fingerprint density at radius 2 is 1.92 bits per heavy atom. The number of hydrogen-bond donors (Lipinski definition) is 5. The zero-order valence-electron chi connectivity index (χ0n) is 6.77. The molecule has 0 aromatic rings. The summed E-state index contributed by atoms with van der Waals surface area (Å²) in [5.74, 6) is -1.18. The molecule has 5 N–H and O–H groups in total. The first-order valence-corrected chi connectivity index (χ1v) is 3.93. The van der Waals surface area contributed by atoms with Gasteiger partial charge in [-0.05, 0) is 0 Å². The highest BCUT2D eigenvalue weighted by Gasteiger charge is 2.35.